The third kappa shape index (κ3) is 8.79. The molecule has 1 aliphatic rings. The van der Waals surface area contributed by atoms with Gasteiger partial charge in [-0.1, -0.05) is 64.7 Å². The van der Waals surface area contributed by atoms with E-state index in [0.29, 0.717) is 6.42 Å². The minimum atomic E-state index is -3.84. The van der Waals surface area contributed by atoms with Gasteiger partial charge in [-0.2, -0.15) is 8.42 Å². The third-order valence-corrected chi connectivity index (χ3v) is 5.76. The van der Waals surface area contributed by atoms with E-state index in [9.17, 15) is 18.6 Å². The van der Waals surface area contributed by atoms with Crippen LogP contribution in [0.1, 0.15) is 71.1 Å². The highest BCUT2D eigenvalue weighted by molar-refractivity contribution is 7.86. The van der Waals surface area contributed by atoms with Gasteiger partial charge in [0.1, 0.15) is 18.3 Å². The number of unbranched alkanes of at least 4 members (excludes halogenated alkanes) is 9. The highest BCUT2D eigenvalue weighted by Gasteiger charge is 2.45. The monoisotopic (exact) mass is 382 g/mol. The van der Waals surface area contributed by atoms with Gasteiger partial charge in [0, 0.05) is 0 Å². The van der Waals surface area contributed by atoms with Crippen LogP contribution in [0.5, 0.6) is 0 Å². The number of ether oxygens (including phenoxy) is 1. The second-order valence-electron chi connectivity index (χ2n) is 6.75. The van der Waals surface area contributed by atoms with E-state index in [1.54, 1.807) is 0 Å². The van der Waals surface area contributed by atoms with E-state index in [4.69, 9.17) is 14.0 Å². The van der Waals surface area contributed by atoms with E-state index < -0.39 is 41.3 Å². The molecule has 0 saturated carbocycles. The Bertz CT molecular complexity index is 440. The van der Waals surface area contributed by atoms with Crippen LogP contribution in [0.4, 0.5) is 0 Å². The average molecular weight is 383 g/mol. The van der Waals surface area contributed by atoms with Gasteiger partial charge in [0.2, 0.25) is 6.29 Å². The van der Waals surface area contributed by atoms with E-state index in [0.717, 1.165) is 19.3 Å². The second kappa shape index (κ2) is 12.2. The predicted molar refractivity (Wildman–Crippen MR) is 94.5 cm³/mol. The first-order valence-corrected chi connectivity index (χ1v) is 11.0. The van der Waals surface area contributed by atoms with Crippen molar-refractivity contribution in [3.8, 4) is 0 Å². The fraction of sp³-hybridized carbons (Fsp3) is 1.00. The Morgan fingerprint density at radius 2 is 1.40 bits per heavy atom. The van der Waals surface area contributed by atoms with Crippen molar-refractivity contribution in [1.29, 1.82) is 0 Å². The summed E-state index contributed by atoms with van der Waals surface area (Å²) in [6, 6.07) is 0. The summed E-state index contributed by atoms with van der Waals surface area (Å²) in [6.07, 6.45) is 5.64. The molecule has 0 aliphatic carbocycles. The van der Waals surface area contributed by atoms with Crippen LogP contribution in [0.25, 0.3) is 0 Å². The smallest absolute Gasteiger partial charge is 0.269 e. The van der Waals surface area contributed by atoms with E-state index in [-0.39, 0.29) is 5.75 Å². The van der Waals surface area contributed by atoms with Crippen LogP contribution in [0, 0.1) is 0 Å². The summed E-state index contributed by atoms with van der Waals surface area (Å²) in [5.74, 6) is -0.143. The Balaban J connectivity index is 2.12. The molecule has 8 heteroatoms. The van der Waals surface area contributed by atoms with Crippen LogP contribution in [0.15, 0.2) is 0 Å². The van der Waals surface area contributed by atoms with Crippen molar-refractivity contribution in [2.75, 3.05) is 12.4 Å². The molecule has 1 heterocycles. The summed E-state index contributed by atoms with van der Waals surface area (Å²) in [5, 5.41) is 28.2. The molecule has 1 aliphatic heterocycles. The molecule has 1 rings (SSSR count). The van der Waals surface area contributed by atoms with Gasteiger partial charge < -0.3 is 20.1 Å². The minimum absolute atomic E-state index is 0.143. The molecular weight excluding hydrogens is 348 g/mol. The zero-order valence-corrected chi connectivity index (χ0v) is 16.0. The maximum Gasteiger partial charge on any atom is 0.269 e. The highest BCUT2D eigenvalue weighted by Crippen LogP contribution is 2.24. The van der Waals surface area contributed by atoms with Crippen LogP contribution in [0.3, 0.4) is 0 Å². The van der Waals surface area contributed by atoms with Crippen LogP contribution in [-0.2, 0) is 19.0 Å². The lowest BCUT2D eigenvalue weighted by molar-refractivity contribution is -0.113. The molecule has 7 nitrogen and oxygen atoms in total. The van der Waals surface area contributed by atoms with Gasteiger partial charge in [-0.15, -0.1) is 0 Å². The van der Waals surface area contributed by atoms with Crippen molar-refractivity contribution in [1.82, 2.24) is 0 Å². The van der Waals surface area contributed by atoms with Gasteiger partial charge >= 0.3 is 0 Å². The van der Waals surface area contributed by atoms with Crippen LogP contribution >= 0.6 is 0 Å². The molecule has 0 aromatic rings. The lowest BCUT2D eigenvalue weighted by Crippen LogP contribution is -2.35. The number of hydrogen-bond acceptors (Lipinski definition) is 7. The maximum atomic E-state index is 11.9. The van der Waals surface area contributed by atoms with E-state index in [2.05, 4.69) is 6.92 Å². The summed E-state index contributed by atoms with van der Waals surface area (Å²) < 4.78 is 33.7. The van der Waals surface area contributed by atoms with Crippen molar-refractivity contribution in [2.45, 2.75) is 95.7 Å². The topological polar surface area (TPSA) is 113 Å². The lowest BCUT2D eigenvalue weighted by atomic mass is 10.1. The van der Waals surface area contributed by atoms with Crippen molar-refractivity contribution >= 4 is 10.1 Å². The normalized spacial score (nSPS) is 27.0. The molecule has 0 aromatic heterocycles. The summed E-state index contributed by atoms with van der Waals surface area (Å²) in [4.78, 5) is 0. The number of rotatable bonds is 14. The second-order valence-corrected chi connectivity index (χ2v) is 8.46. The summed E-state index contributed by atoms with van der Waals surface area (Å²) in [6.45, 7) is 1.68. The van der Waals surface area contributed by atoms with E-state index in [1.165, 1.54) is 38.5 Å². The first-order valence-electron chi connectivity index (χ1n) is 9.44. The molecule has 4 atom stereocenters. The Morgan fingerprint density at radius 1 is 0.880 bits per heavy atom. The lowest BCUT2D eigenvalue weighted by Gasteiger charge is -2.15. The summed E-state index contributed by atoms with van der Waals surface area (Å²) in [7, 11) is -3.84. The molecule has 0 radical (unpaired) electrons. The highest BCUT2D eigenvalue weighted by atomic mass is 32.2. The fourth-order valence-corrected chi connectivity index (χ4v) is 4.01. The van der Waals surface area contributed by atoms with Gasteiger partial charge in [-0.05, 0) is 6.42 Å². The Labute approximate surface area is 151 Å². The maximum absolute atomic E-state index is 11.9. The number of aliphatic hydroxyl groups excluding tert-OH is 3. The van der Waals surface area contributed by atoms with Gasteiger partial charge in [0.05, 0.1) is 12.4 Å². The van der Waals surface area contributed by atoms with Crippen molar-refractivity contribution in [3.05, 3.63) is 0 Å². The zero-order valence-electron chi connectivity index (χ0n) is 15.2. The largest absolute Gasteiger partial charge is 0.394 e. The Hall–Kier alpha value is -0.250. The van der Waals surface area contributed by atoms with Crippen LogP contribution in [-0.4, -0.2) is 60.7 Å². The molecule has 150 valence electrons. The van der Waals surface area contributed by atoms with Gasteiger partial charge in [-0.25, -0.2) is 4.18 Å². The molecule has 1 saturated heterocycles. The number of aliphatic hydroxyl groups is 3. The molecule has 0 bridgehead atoms. The van der Waals surface area contributed by atoms with Gasteiger partial charge in [0.15, 0.2) is 0 Å². The minimum Gasteiger partial charge on any atom is -0.394 e. The zero-order chi connectivity index (χ0) is 18.7. The molecule has 3 N–H and O–H groups in total. The van der Waals surface area contributed by atoms with Crippen molar-refractivity contribution in [2.24, 2.45) is 0 Å². The van der Waals surface area contributed by atoms with Gasteiger partial charge in [-0.3, -0.25) is 0 Å². The fourth-order valence-electron chi connectivity index (χ4n) is 2.90. The summed E-state index contributed by atoms with van der Waals surface area (Å²) >= 11 is 0. The molecule has 0 amide bonds. The predicted octanol–water partition coefficient (Wildman–Crippen LogP) is 1.69. The quantitative estimate of drug-likeness (QED) is 0.309. The molecule has 0 aromatic carbocycles. The SMILES string of the molecule is CCCCCCCCCCCCS(=O)(=O)O[C@@H]1O[C@H](CO)[C@@H](O)[C@@H]1O. The first kappa shape index (κ1) is 22.8. The molecule has 25 heavy (non-hydrogen) atoms. The molecule has 0 spiro atoms. The van der Waals surface area contributed by atoms with E-state index >= 15 is 0 Å². The van der Waals surface area contributed by atoms with Crippen LogP contribution < -0.4 is 0 Å². The van der Waals surface area contributed by atoms with E-state index in [1.807, 2.05) is 0 Å². The van der Waals surface area contributed by atoms with Crippen molar-refractivity contribution in [3.63, 3.8) is 0 Å². The standard InChI is InChI=1S/C17H34O7S/c1-2-3-4-5-6-7-8-9-10-11-12-25(21,22)24-17-16(20)15(19)14(13-18)23-17/h14-20H,2-13H2,1H3/t14-,15-,16+,17+/m1/s1. The average Bonchev–Trinajstić information content (AvgIpc) is 2.84. The Morgan fingerprint density at radius 3 is 1.88 bits per heavy atom. The third-order valence-electron chi connectivity index (χ3n) is 4.49. The first-order chi connectivity index (χ1) is 11.9. The molecule has 0 unspecified atom stereocenters. The van der Waals surface area contributed by atoms with Gasteiger partial charge in [0.25, 0.3) is 10.1 Å². The summed E-state index contributed by atoms with van der Waals surface area (Å²) in [5.41, 5.74) is 0. The van der Waals surface area contributed by atoms with Crippen LogP contribution in [0.2, 0.25) is 0 Å². The Kier molecular flexibility index (Phi) is 11.1. The number of hydrogen-bond donors (Lipinski definition) is 3. The van der Waals surface area contributed by atoms with Crippen molar-refractivity contribution < 1.29 is 32.7 Å². The molecule has 1 fully saturated rings. The molecular formula is C17H34O7S.